The number of likely N-dealkylation sites (tertiary alicyclic amines) is 1. The maximum Gasteiger partial charge on any atom is 0.330 e. The number of carbonyl (C=O) groups excluding carboxylic acids is 1. The minimum atomic E-state index is -0.712. The number of primary amides is 1. The van der Waals surface area contributed by atoms with E-state index >= 15 is 0 Å². The van der Waals surface area contributed by atoms with Crippen molar-refractivity contribution in [2.75, 3.05) is 13.1 Å². The van der Waals surface area contributed by atoms with Gasteiger partial charge in [0.25, 0.3) is 0 Å². The van der Waals surface area contributed by atoms with Crippen molar-refractivity contribution in [1.29, 1.82) is 5.26 Å². The van der Waals surface area contributed by atoms with Crippen molar-refractivity contribution in [3.05, 3.63) is 81.8 Å². The molecule has 35 heavy (non-hydrogen) atoms. The Hall–Kier alpha value is -3.89. The highest BCUT2D eigenvalue weighted by molar-refractivity contribution is 5.93. The number of amides is 1. The van der Waals surface area contributed by atoms with Crippen molar-refractivity contribution in [3.8, 4) is 6.07 Å². The van der Waals surface area contributed by atoms with E-state index in [0.717, 1.165) is 54.5 Å². The number of para-hydroxylation sites is 2. The largest absolute Gasteiger partial charge is 0.368 e. The lowest BCUT2D eigenvalue weighted by Gasteiger charge is -2.37. The zero-order valence-electron chi connectivity index (χ0n) is 19.6. The van der Waals surface area contributed by atoms with Crippen LogP contribution in [0.15, 0.2) is 59.4 Å². The van der Waals surface area contributed by atoms with Gasteiger partial charge in [-0.2, -0.15) is 5.26 Å². The average molecular weight is 466 g/mol. The number of aromatic nitrogens is 2. The normalized spacial score (nSPS) is 19.3. The van der Waals surface area contributed by atoms with Gasteiger partial charge in [-0.05, 0) is 66.3 Å². The number of carbonyl (C=O) groups is 1. The highest BCUT2D eigenvalue weighted by Crippen LogP contribution is 2.43. The number of fused-ring (bicyclic) bond motifs is 1. The second-order valence-corrected chi connectivity index (χ2v) is 9.73. The van der Waals surface area contributed by atoms with E-state index in [4.69, 9.17) is 5.73 Å². The van der Waals surface area contributed by atoms with Crippen LogP contribution in [0.1, 0.15) is 54.6 Å². The Kier molecular flexibility index (Phi) is 5.01. The summed E-state index contributed by atoms with van der Waals surface area (Å²) in [7, 11) is 0. The number of rotatable bonds is 4. The maximum atomic E-state index is 13.5. The third kappa shape index (κ3) is 3.21. The number of nitrogens with zero attached hydrogens (tertiary/aromatic N) is 4. The first-order valence-corrected chi connectivity index (χ1v) is 12.2. The van der Waals surface area contributed by atoms with Crippen molar-refractivity contribution < 1.29 is 4.79 Å². The van der Waals surface area contributed by atoms with E-state index in [1.54, 1.807) is 6.92 Å². The van der Waals surface area contributed by atoms with Crippen molar-refractivity contribution in [1.82, 2.24) is 14.0 Å². The van der Waals surface area contributed by atoms with E-state index in [0.29, 0.717) is 0 Å². The summed E-state index contributed by atoms with van der Waals surface area (Å²) in [6, 6.07) is 19.9. The predicted molar refractivity (Wildman–Crippen MR) is 135 cm³/mol. The van der Waals surface area contributed by atoms with E-state index in [1.807, 2.05) is 41.0 Å². The highest BCUT2D eigenvalue weighted by Gasteiger charge is 2.35. The zero-order valence-corrected chi connectivity index (χ0v) is 19.6. The topological polar surface area (TPSA) is 97.1 Å². The fourth-order valence-corrected chi connectivity index (χ4v) is 6.22. The van der Waals surface area contributed by atoms with Crippen LogP contribution in [-0.2, 0) is 11.2 Å². The fourth-order valence-electron chi connectivity index (χ4n) is 6.22. The Morgan fingerprint density at radius 2 is 1.80 bits per heavy atom. The SMILES string of the molecule is CC(C(N)=O)n1c(=O)n(C2CCN(C3Cc4cccc5ccc(C#N)c3c45)CC2)c2ccccc21. The molecule has 2 aliphatic rings. The molecule has 1 aliphatic carbocycles. The predicted octanol–water partition coefficient (Wildman–Crippen LogP) is 3.81. The first kappa shape index (κ1) is 21.6. The van der Waals surface area contributed by atoms with Gasteiger partial charge >= 0.3 is 5.69 Å². The van der Waals surface area contributed by atoms with Gasteiger partial charge in [-0.3, -0.25) is 18.8 Å². The van der Waals surface area contributed by atoms with Crippen LogP contribution in [0.25, 0.3) is 21.8 Å². The number of hydrogen-bond acceptors (Lipinski definition) is 4. The molecule has 0 spiro atoms. The molecule has 0 bridgehead atoms. The molecule has 1 fully saturated rings. The van der Waals surface area contributed by atoms with Gasteiger partial charge in [0.2, 0.25) is 5.91 Å². The molecule has 1 amide bonds. The molecule has 2 N–H and O–H groups in total. The summed E-state index contributed by atoms with van der Waals surface area (Å²) in [5, 5.41) is 12.2. The molecule has 6 rings (SSSR count). The Balaban J connectivity index is 1.32. The first-order chi connectivity index (χ1) is 17.0. The summed E-state index contributed by atoms with van der Waals surface area (Å²) in [5.74, 6) is -0.520. The van der Waals surface area contributed by atoms with E-state index in [9.17, 15) is 14.9 Å². The molecular weight excluding hydrogens is 438 g/mol. The molecule has 7 nitrogen and oxygen atoms in total. The Labute approximate surface area is 203 Å². The fraction of sp³-hybridized carbons (Fsp3) is 0.321. The zero-order chi connectivity index (χ0) is 24.3. The van der Waals surface area contributed by atoms with E-state index in [1.165, 1.54) is 20.9 Å². The van der Waals surface area contributed by atoms with Crippen molar-refractivity contribution >= 4 is 27.7 Å². The summed E-state index contributed by atoms with van der Waals surface area (Å²) in [5.41, 5.74) is 10.2. The van der Waals surface area contributed by atoms with E-state index in [2.05, 4.69) is 29.2 Å². The molecule has 0 radical (unpaired) electrons. The number of benzene rings is 3. The van der Waals surface area contributed by atoms with Gasteiger partial charge in [0, 0.05) is 25.2 Å². The molecule has 1 aliphatic heterocycles. The minimum absolute atomic E-state index is 0.0417. The average Bonchev–Trinajstić information content (AvgIpc) is 3.40. The molecule has 0 saturated carbocycles. The number of nitrogens with two attached hydrogens (primary N) is 1. The van der Waals surface area contributed by atoms with Crippen LogP contribution in [0.2, 0.25) is 0 Å². The van der Waals surface area contributed by atoms with Crippen LogP contribution in [0.5, 0.6) is 0 Å². The number of nitriles is 1. The summed E-state index contributed by atoms with van der Waals surface area (Å²) in [6.45, 7) is 3.35. The van der Waals surface area contributed by atoms with Crippen molar-refractivity contribution in [3.63, 3.8) is 0 Å². The Morgan fingerprint density at radius 3 is 2.51 bits per heavy atom. The van der Waals surface area contributed by atoms with Gasteiger partial charge in [0.05, 0.1) is 22.7 Å². The molecule has 2 unspecified atom stereocenters. The minimum Gasteiger partial charge on any atom is -0.368 e. The molecule has 1 saturated heterocycles. The van der Waals surface area contributed by atoms with E-state index in [-0.39, 0.29) is 17.8 Å². The third-order valence-electron chi connectivity index (χ3n) is 7.96. The Bertz CT molecular complexity index is 1580. The van der Waals surface area contributed by atoms with Crippen molar-refractivity contribution in [2.24, 2.45) is 5.73 Å². The summed E-state index contributed by atoms with van der Waals surface area (Å²) in [4.78, 5) is 27.9. The van der Waals surface area contributed by atoms with Crippen molar-refractivity contribution in [2.45, 2.75) is 44.3 Å². The first-order valence-electron chi connectivity index (χ1n) is 12.2. The summed E-state index contributed by atoms with van der Waals surface area (Å²) >= 11 is 0. The molecular formula is C28H27N5O2. The van der Waals surface area contributed by atoms with Crippen LogP contribution in [0, 0.1) is 11.3 Å². The molecule has 2 atom stereocenters. The monoisotopic (exact) mass is 465 g/mol. The molecule has 2 heterocycles. The lowest BCUT2D eigenvalue weighted by atomic mass is 9.96. The maximum absolute atomic E-state index is 13.5. The smallest absolute Gasteiger partial charge is 0.330 e. The van der Waals surface area contributed by atoms with Crippen LogP contribution >= 0.6 is 0 Å². The van der Waals surface area contributed by atoms with Crippen LogP contribution in [0.4, 0.5) is 0 Å². The molecule has 7 heteroatoms. The van der Waals surface area contributed by atoms with Crippen LogP contribution in [-0.4, -0.2) is 33.0 Å². The standard InChI is InChI=1S/C28H27N5O2/c1-17(27(30)34)32-22-7-2-3-8-23(22)33(28(32)35)21-11-13-31(14-12-21)24-15-19-6-4-5-18-9-10-20(16-29)26(24)25(18)19/h2-10,17,21,24H,11-15H2,1H3,(H2,30,34). The summed E-state index contributed by atoms with van der Waals surface area (Å²) < 4.78 is 3.38. The molecule has 176 valence electrons. The van der Waals surface area contributed by atoms with Gasteiger partial charge in [-0.15, -0.1) is 0 Å². The van der Waals surface area contributed by atoms with Gasteiger partial charge in [-0.1, -0.05) is 36.4 Å². The molecule has 1 aromatic heterocycles. The number of hydrogen-bond donors (Lipinski definition) is 1. The van der Waals surface area contributed by atoms with Crippen LogP contribution < -0.4 is 11.4 Å². The second kappa shape index (κ2) is 8.10. The summed E-state index contributed by atoms with van der Waals surface area (Å²) in [6.07, 6.45) is 2.55. The second-order valence-electron chi connectivity index (χ2n) is 9.73. The molecule has 4 aromatic rings. The number of imidazole rings is 1. The van der Waals surface area contributed by atoms with Gasteiger partial charge in [0.1, 0.15) is 6.04 Å². The lowest BCUT2D eigenvalue weighted by Crippen LogP contribution is -2.40. The highest BCUT2D eigenvalue weighted by atomic mass is 16.2. The molecule has 3 aromatic carbocycles. The van der Waals surface area contributed by atoms with E-state index < -0.39 is 11.9 Å². The number of piperidine rings is 1. The lowest BCUT2D eigenvalue weighted by molar-refractivity contribution is -0.120. The van der Waals surface area contributed by atoms with Gasteiger partial charge in [0.15, 0.2) is 0 Å². The van der Waals surface area contributed by atoms with Gasteiger partial charge in [-0.25, -0.2) is 4.79 Å². The quantitative estimate of drug-likeness (QED) is 0.496. The Morgan fingerprint density at radius 1 is 1.06 bits per heavy atom. The van der Waals surface area contributed by atoms with Gasteiger partial charge < -0.3 is 5.73 Å². The van der Waals surface area contributed by atoms with Crippen LogP contribution in [0.3, 0.4) is 0 Å². The third-order valence-corrected chi connectivity index (χ3v) is 7.96.